The van der Waals surface area contributed by atoms with Crippen LogP contribution in [0.5, 0.6) is 0 Å². The largest absolute Gasteiger partial charge is 0.390 e. The molecule has 0 aliphatic heterocycles. The molecule has 5 N–H and O–H groups in total. The van der Waals surface area contributed by atoms with Gasteiger partial charge in [-0.1, -0.05) is 0 Å². The molecule has 0 heterocycles. The van der Waals surface area contributed by atoms with Gasteiger partial charge in [-0.25, -0.2) is 8.78 Å². The highest BCUT2D eigenvalue weighted by Crippen LogP contribution is 2.10. The first-order chi connectivity index (χ1) is 7.02. The van der Waals surface area contributed by atoms with Crippen molar-refractivity contribution in [3.05, 3.63) is 35.4 Å². The van der Waals surface area contributed by atoms with Gasteiger partial charge in [-0.15, -0.1) is 0 Å². The first-order valence-corrected chi connectivity index (χ1v) is 4.61. The van der Waals surface area contributed by atoms with E-state index in [0.29, 0.717) is 5.56 Å². The maximum absolute atomic E-state index is 12.8. The number of halogens is 2. The summed E-state index contributed by atoms with van der Waals surface area (Å²) in [5.41, 5.74) is 11.2. The number of rotatable bonds is 4. The summed E-state index contributed by atoms with van der Waals surface area (Å²) in [5.74, 6) is -1.31. The molecule has 84 valence electrons. The lowest BCUT2D eigenvalue weighted by molar-refractivity contribution is 0.152. The number of aliphatic hydroxyl groups is 1. The standard InChI is InChI=1S/C10H14F2N2O/c11-7-1-6(2-8(12)4-7)3-9(14)10(15)5-13/h1-2,4,9-10,15H,3,5,13-14H2/t9-,10+/m0/s1. The Bertz CT molecular complexity index is 313. The van der Waals surface area contributed by atoms with Gasteiger partial charge in [0.15, 0.2) is 0 Å². The van der Waals surface area contributed by atoms with E-state index < -0.39 is 23.8 Å². The maximum atomic E-state index is 12.8. The van der Waals surface area contributed by atoms with Gasteiger partial charge in [-0.2, -0.15) is 0 Å². The molecule has 5 heteroatoms. The van der Waals surface area contributed by atoms with Crippen molar-refractivity contribution in [3.8, 4) is 0 Å². The van der Waals surface area contributed by atoms with Crippen molar-refractivity contribution >= 4 is 0 Å². The van der Waals surface area contributed by atoms with E-state index in [1.807, 2.05) is 0 Å². The van der Waals surface area contributed by atoms with Crippen LogP contribution in [0.25, 0.3) is 0 Å². The molecule has 0 spiro atoms. The fourth-order valence-electron chi connectivity index (χ4n) is 1.31. The topological polar surface area (TPSA) is 72.3 Å². The van der Waals surface area contributed by atoms with E-state index in [-0.39, 0.29) is 13.0 Å². The lowest BCUT2D eigenvalue weighted by Crippen LogP contribution is -2.41. The molecule has 1 rings (SSSR count). The molecule has 0 fully saturated rings. The molecule has 0 saturated heterocycles. The summed E-state index contributed by atoms with van der Waals surface area (Å²) < 4.78 is 25.6. The van der Waals surface area contributed by atoms with Gasteiger partial charge in [0.1, 0.15) is 11.6 Å². The first kappa shape index (κ1) is 12.0. The third kappa shape index (κ3) is 3.54. The van der Waals surface area contributed by atoms with Gasteiger partial charge >= 0.3 is 0 Å². The molecule has 3 nitrogen and oxygen atoms in total. The Morgan fingerprint density at radius 3 is 2.20 bits per heavy atom. The number of benzene rings is 1. The van der Waals surface area contributed by atoms with E-state index >= 15 is 0 Å². The Balaban J connectivity index is 2.72. The molecule has 1 aromatic carbocycles. The third-order valence-electron chi connectivity index (χ3n) is 2.13. The van der Waals surface area contributed by atoms with Gasteiger partial charge in [-0.05, 0) is 24.1 Å². The minimum Gasteiger partial charge on any atom is -0.390 e. The Kier molecular flexibility index (Phi) is 4.14. The molecule has 0 aliphatic carbocycles. The van der Waals surface area contributed by atoms with Crippen LogP contribution >= 0.6 is 0 Å². The first-order valence-electron chi connectivity index (χ1n) is 4.61. The SMILES string of the molecule is NC[C@@H](O)[C@@H](N)Cc1cc(F)cc(F)c1. The number of aliphatic hydroxyl groups excluding tert-OH is 1. The van der Waals surface area contributed by atoms with Crippen LogP contribution in [0.1, 0.15) is 5.56 Å². The van der Waals surface area contributed by atoms with Gasteiger partial charge < -0.3 is 16.6 Å². The van der Waals surface area contributed by atoms with Crippen molar-refractivity contribution in [2.75, 3.05) is 6.54 Å². The highest BCUT2D eigenvalue weighted by molar-refractivity contribution is 5.19. The summed E-state index contributed by atoms with van der Waals surface area (Å²) in [6.07, 6.45) is -0.677. The lowest BCUT2D eigenvalue weighted by atomic mass is 10.0. The Morgan fingerprint density at radius 2 is 1.73 bits per heavy atom. The van der Waals surface area contributed by atoms with Crippen LogP contribution in [0.4, 0.5) is 8.78 Å². The molecule has 15 heavy (non-hydrogen) atoms. The predicted octanol–water partition coefficient (Wildman–Crippen LogP) is 0.154. The van der Waals surface area contributed by atoms with E-state index in [2.05, 4.69) is 0 Å². The van der Waals surface area contributed by atoms with Crippen LogP contribution in [0.3, 0.4) is 0 Å². The quantitative estimate of drug-likeness (QED) is 0.671. The second-order valence-electron chi connectivity index (χ2n) is 3.45. The summed E-state index contributed by atoms with van der Waals surface area (Å²) in [6.45, 7) is 0.0268. The molecule has 0 amide bonds. The lowest BCUT2D eigenvalue weighted by Gasteiger charge is -2.16. The van der Waals surface area contributed by atoms with Gasteiger partial charge in [0.2, 0.25) is 0 Å². The Labute approximate surface area is 86.7 Å². The molecule has 1 aromatic rings. The van der Waals surface area contributed by atoms with Gasteiger partial charge in [-0.3, -0.25) is 0 Å². The van der Waals surface area contributed by atoms with Crippen molar-refractivity contribution < 1.29 is 13.9 Å². The average Bonchev–Trinajstić information content (AvgIpc) is 2.14. The van der Waals surface area contributed by atoms with Crippen molar-refractivity contribution in [2.24, 2.45) is 11.5 Å². The molecule has 0 aliphatic rings. The van der Waals surface area contributed by atoms with Crippen molar-refractivity contribution in [3.63, 3.8) is 0 Å². The molecule has 0 aromatic heterocycles. The smallest absolute Gasteiger partial charge is 0.126 e. The van der Waals surface area contributed by atoms with Crippen molar-refractivity contribution in [1.29, 1.82) is 0 Å². The molecule has 0 saturated carbocycles. The number of nitrogens with two attached hydrogens (primary N) is 2. The number of hydrogen-bond donors (Lipinski definition) is 3. The van der Waals surface area contributed by atoms with Crippen molar-refractivity contribution in [2.45, 2.75) is 18.6 Å². The Morgan fingerprint density at radius 1 is 1.20 bits per heavy atom. The summed E-state index contributed by atoms with van der Waals surface area (Å²) in [6, 6.07) is 2.54. The van der Waals surface area contributed by atoms with Crippen LogP contribution in [0.2, 0.25) is 0 Å². The maximum Gasteiger partial charge on any atom is 0.126 e. The van der Waals surface area contributed by atoms with Gasteiger partial charge in [0, 0.05) is 18.7 Å². The second-order valence-corrected chi connectivity index (χ2v) is 3.45. The van der Waals surface area contributed by atoms with Crippen LogP contribution in [-0.2, 0) is 6.42 Å². The van der Waals surface area contributed by atoms with E-state index in [0.717, 1.165) is 6.07 Å². The predicted molar refractivity (Wildman–Crippen MR) is 53.1 cm³/mol. The van der Waals surface area contributed by atoms with Crippen molar-refractivity contribution in [1.82, 2.24) is 0 Å². The zero-order valence-electron chi connectivity index (χ0n) is 8.16. The summed E-state index contributed by atoms with van der Waals surface area (Å²) in [4.78, 5) is 0. The fraction of sp³-hybridized carbons (Fsp3) is 0.400. The minimum absolute atomic E-state index is 0.0268. The zero-order valence-corrected chi connectivity index (χ0v) is 8.16. The fourth-order valence-corrected chi connectivity index (χ4v) is 1.31. The molecule has 0 unspecified atom stereocenters. The van der Waals surface area contributed by atoms with Crippen LogP contribution in [-0.4, -0.2) is 23.8 Å². The van der Waals surface area contributed by atoms with Crippen LogP contribution < -0.4 is 11.5 Å². The Hall–Kier alpha value is -1.04. The van der Waals surface area contributed by atoms with E-state index in [1.165, 1.54) is 12.1 Å². The van der Waals surface area contributed by atoms with E-state index in [4.69, 9.17) is 11.5 Å². The van der Waals surface area contributed by atoms with Gasteiger partial charge in [0.05, 0.1) is 6.10 Å². The minimum atomic E-state index is -0.865. The molecular formula is C10H14F2N2O. The summed E-state index contributed by atoms with van der Waals surface area (Å²) in [5, 5.41) is 9.29. The number of hydrogen-bond acceptors (Lipinski definition) is 3. The molecule has 0 bridgehead atoms. The molecular weight excluding hydrogens is 202 g/mol. The zero-order chi connectivity index (χ0) is 11.4. The second kappa shape index (κ2) is 5.16. The average molecular weight is 216 g/mol. The summed E-state index contributed by atoms with van der Waals surface area (Å²) in [7, 11) is 0. The van der Waals surface area contributed by atoms with E-state index in [1.54, 1.807) is 0 Å². The highest BCUT2D eigenvalue weighted by atomic mass is 19.1. The van der Waals surface area contributed by atoms with Gasteiger partial charge in [0.25, 0.3) is 0 Å². The molecule has 0 radical (unpaired) electrons. The van der Waals surface area contributed by atoms with E-state index in [9.17, 15) is 13.9 Å². The third-order valence-corrected chi connectivity index (χ3v) is 2.13. The normalized spacial score (nSPS) is 15.0. The highest BCUT2D eigenvalue weighted by Gasteiger charge is 2.14. The summed E-state index contributed by atoms with van der Waals surface area (Å²) >= 11 is 0. The molecule has 2 atom stereocenters. The van der Waals surface area contributed by atoms with Crippen LogP contribution in [0.15, 0.2) is 18.2 Å². The monoisotopic (exact) mass is 216 g/mol. The van der Waals surface area contributed by atoms with Crippen LogP contribution in [0, 0.1) is 11.6 Å².